The number of hydrogen-bond acceptors (Lipinski definition) is 6. The van der Waals surface area contributed by atoms with Crippen molar-refractivity contribution in [1.82, 2.24) is 18.8 Å². The molecule has 1 aliphatic heterocycles. The number of benzene rings is 1. The van der Waals surface area contributed by atoms with Crippen molar-refractivity contribution < 1.29 is 26.0 Å². The summed E-state index contributed by atoms with van der Waals surface area (Å²) in [6.07, 6.45) is -2.78. The smallest absolute Gasteiger partial charge is 0.351 e. The Hall–Kier alpha value is -3.06. The second kappa shape index (κ2) is 8.95. The molecule has 0 unspecified atom stereocenters. The number of anilines is 1. The normalized spacial score (nSPS) is 16.1. The summed E-state index contributed by atoms with van der Waals surface area (Å²) >= 11 is 0. The molecule has 4 rings (SSSR count). The van der Waals surface area contributed by atoms with Gasteiger partial charge in [-0.2, -0.15) is 18.2 Å². The Kier molecular flexibility index (Phi) is 6.34. The number of halogens is 4. The Bertz CT molecular complexity index is 1380. The fourth-order valence-electron chi connectivity index (χ4n) is 3.95. The number of hydrogen-bond donors (Lipinski definition) is 1. The third kappa shape index (κ3) is 5.04. The van der Waals surface area contributed by atoms with Gasteiger partial charge in [0.2, 0.25) is 16.0 Å². The molecular formula is C21H21F4N5O3S. The molecule has 1 aromatic carbocycles. The number of aryl methyl sites for hydroxylation is 1. The molecule has 0 saturated carbocycles. The molecule has 13 heteroatoms. The van der Waals surface area contributed by atoms with Crippen molar-refractivity contribution in [3.05, 3.63) is 52.7 Å². The summed E-state index contributed by atoms with van der Waals surface area (Å²) in [5, 5.41) is 3.57. The molecule has 3 aromatic rings. The molecule has 1 aliphatic rings. The van der Waals surface area contributed by atoms with Gasteiger partial charge in [-0.1, -0.05) is 18.2 Å². The molecule has 0 bridgehead atoms. The molecule has 2 aromatic heterocycles. The number of piperidine rings is 1. The van der Waals surface area contributed by atoms with Gasteiger partial charge < -0.3 is 5.32 Å². The van der Waals surface area contributed by atoms with Crippen molar-refractivity contribution in [2.24, 2.45) is 7.05 Å². The predicted octanol–water partition coefficient (Wildman–Crippen LogP) is 2.90. The van der Waals surface area contributed by atoms with E-state index in [0.717, 1.165) is 4.31 Å². The summed E-state index contributed by atoms with van der Waals surface area (Å²) in [7, 11) is -2.91. The maximum atomic E-state index is 14.2. The topological polar surface area (TPSA) is 97.2 Å². The summed E-state index contributed by atoms with van der Waals surface area (Å²) in [6, 6.07) is 7.19. The second-order valence-corrected chi connectivity index (χ2v) is 10.0. The summed E-state index contributed by atoms with van der Waals surface area (Å²) in [5.41, 5.74) is 0.211. The van der Waals surface area contributed by atoms with Crippen LogP contribution in [0.5, 0.6) is 0 Å². The fraction of sp³-hybridized carbons (Fsp3) is 0.381. The first-order valence-corrected chi connectivity index (χ1v) is 12.0. The van der Waals surface area contributed by atoms with Gasteiger partial charge in [0.05, 0.1) is 5.56 Å². The van der Waals surface area contributed by atoms with Crippen LogP contribution in [-0.2, 0) is 17.1 Å². The van der Waals surface area contributed by atoms with Gasteiger partial charge in [-0.25, -0.2) is 22.1 Å². The van der Waals surface area contributed by atoms with E-state index in [2.05, 4.69) is 15.3 Å². The van der Waals surface area contributed by atoms with Crippen LogP contribution >= 0.6 is 0 Å². The molecule has 0 amide bonds. The van der Waals surface area contributed by atoms with Crippen LogP contribution in [0.3, 0.4) is 0 Å². The lowest BCUT2D eigenvalue weighted by molar-refractivity contribution is -0.107. The Morgan fingerprint density at radius 2 is 1.82 bits per heavy atom. The van der Waals surface area contributed by atoms with Crippen LogP contribution < -0.4 is 10.9 Å². The van der Waals surface area contributed by atoms with E-state index >= 15 is 0 Å². The van der Waals surface area contributed by atoms with Crippen LogP contribution in [0.25, 0.3) is 22.2 Å². The maximum Gasteiger partial charge on any atom is 0.404 e. The lowest BCUT2D eigenvalue weighted by Gasteiger charge is -2.31. The lowest BCUT2D eigenvalue weighted by Crippen LogP contribution is -2.45. The zero-order chi connectivity index (χ0) is 24.7. The van der Waals surface area contributed by atoms with E-state index in [1.54, 1.807) is 6.07 Å². The largest absolute Gasteiger partial charge is 0.404 e. The van der Waals surface area contributed by atoms with Crippen molar-refractivity contribution in [3.63, 3.8) is 0 Å². The molecule has 8 nitrogen and oxygen atoms in total. The summed E-state index contributed by atoms with van der Waals surface area (Å²) in [4.78, 5) is 21.4. The minimum absolute atomic E-state index is 0.0614. The first-order chi connectivity index (χ1) is 15.9. The number of alkyl halides is 3. The van der Waals surface area contributed by atoms with Crippen LogP contribution in [0.4, 0.5) is 23.5 Å². The maximum absolute atomic E-state index is 14.2. The molecule has 3 heterocycles. The Morgan fingerprint density at radius 3 is 2.47 bits per heavy atom. The molecule has 1 saturated heterocycles. The van der Waals surface area contributed by atoms with Crippen molar-refractivity contribution in [2.45, 2.75) is 25.1 Å². The highest BCUT2D eigenvalue weighted by molar-refractivity contribution is 7.89. The quantitative estimate of drug-likeness (QED) is 0.543. The van der Waals surface area contributed by atoms with E-state index in [4.69, 9.17) is 0 Å². The first-order valence-electron chi connectivity index (χ1n) is 10.4. The van der Waals surface area contributed by atoms with E-state index in [1.807, 2.05) is 0 Å². The SMILES string of the molecule is Cn1c(=O)c(-c2ccccc2F)cc2cnc(NC3CCN(S(=O)(=O)CC(F)(F)F)CC3)nc21. The number of pyridine rings is 1. The van der Waals surface area contributed by atoms with Gasteiger partial charge in [0.1, 0.15) is 11.5 Å². The van der Waals surface area contributed by atoms with E-state index in [-0.39, 0.29) is 49.0 Å². The number of nitrogens with zero attached hydrogens (tertiary/aromatic N) is 4. The average Bonchev–Trinajstić information content (AvgIpc) is 2.76. The third-order valence-corrected chi connectivity index (χ3v) is 7.48. The van der Waals surface area contributed by atoms with Gasteiger partial charge in [-0.15, -0.1) is 0 Å². The summed E-state index contributed by atoms with van der Waals surface area (Å²) < 4.78 is 77.8. The summed E-state index contributed by atoms with van der Waals surface area (Å²) in [5.74, 6) is -2.21. The number of sulfonamides is 1. The summed E-state index contributed by atoms with van der Waals surface area (Å²) in [6.45, 7) is -0.123. The van der Waals surface area contributed by atoms with Crippen molar-refractivity contribution in [3.8, 4) is 11.1 Å². The van der Waals surface area contributed by atoms with Gasteiger partial charge in [-0.05, 0) is 25.0 Å². The Labute approximate surface area is 192 Å². The van der Waals surface area contributed by atoms with E-state index < -0.39 is 33.3 Å². The zero-order valence-electron chi connectivity index (χ0n) is 18.0. The molecule has 1 fully saturated rings. The highest BCUT2D eigenvalue weighted by Crippen LogP contribution is 2.25. The van der Waals surface area contributed by atoms with Gasteiger partial charge in [-0.3, -0.25) is 9.36 Å². The van der Waals surface area contributed by atoms with Crippen LogP contribution in [-0.4, -0.2) is 58.3 Å². The molecule has 34 heavy (non-hydrogen) atoms. The number of rotatable bonds is 5. The van der Waals surface area contributed by atoms with E-state index in [0.29, 0.717) is 11.0 Å². The fourth-order valence-corrected chi connectivity index (χ4v) is 5.31. The van der Waals surface area contributed by atoms with Gasteiger partial charge in [0.25, 0.3) is 5.56 Å². The molecule has 0 spiro atoms. The average molecular weight is 499 g/mol. The zero-order valence-corrected chi connectivity index (χ0v) is 18.8. The number of fused-ring (bicyclic) bond motifs is 1. The van der Waals surface area contributed by atoms with E-state index in [1.165, 1.54) is 42.1 Å². The second-order valence-electron chi connectivity index (χ2n) is 8.06. The highest BCUT2D eigenvalue weighted by Gasteiger charge is 2.39. The lowest BCUT2D eigenvalue weighted by atomic mass is 10.1. The molecule has 0 radical (unpaired) electrons. The number of nitrogens with one attached hydrogen (secondary N) is 1. The van der Waals surface area contributed by atoms with Crippen LogP contribution in [0, 0.1) is 5.82 Å². The van der Waals surface area contributed by atoms with Crippen LogP contribution in [0.2, 0.25) is 0 Å². The Balaban J connectivity index is 1.51. The van der Waals surface area contributed by atoms with Crippen molar-refractivity contribution in [2.75, 3.05) is 24.2 Å². The molecule has 0 atom stereocenters. The molecule has 0 aliphatic carbocycles. The van der Waals surface area contributed by atoms with Gasteiger partial charge >= 0.3 is 6.18 Å². The third-order valence-electron chi connectivity index (χ3n) is 5.64. The molecule has 1 N–H and O–H groups in total. The molecular weight excluding hydrogens is 478 g/mol. The first kappa shape index (κ1) is 24.1. The van der Waals surface area contributed by atoms with Crippen molar-refractivity contribution in [1.29, 1.82) is 0 Å². The van der Waals surface area contributed by atoms with Crippen LogP contribution in [0.1, 0.15) is 12.8 Å². The number of aromatic nitrogens is 3. The minimum atomic E-state index is -4.80. The molecule has 182 valence electrons. The monoisotopic (exact) mass is 499 g/mol. The minimum Gasteiger partial charge on any atom is -0.351 e. The van der Waals surface area contributed by atoms with Crippen molar-refractivity contribution >= 4 is 27.0 Å². The van der Waals surface area contributed by atoms with Gasteiger partial charge in [0.15, 0.2) is 5.75 Å². The van der Waals surface area contributed by atoms with Gasteiger partial charge in [0, 0.05) is 43.3 Å². The standard InChI is InChI=1S/C21H21F4N5O3S/c1-29-18-13(10-16(19(29)31)15-4-2-3-5-17(15)22)11-26-20(28-18)27-14-6-8-30(9-7-14)34(32,33)12-21(23,24)25/h2-5,10-11,14H,6-9,12H2,1H3,(H,26,27,28). The highest BCUT2D eigenvalue weighted by atomic mass is 32.2. The van der Waals surface area contributed by atoms with E-state index in [9.17, 15) is 30.8 Å². The van der Waals surface area contributed by atoms with Crippen LogP contribution in [0.15, 0.2) is 41.3 Å². The Morgan fingerprint density at radius 1 is 1.15 bits per heavy atom. The predicted molar refractivity (Wildman–Crippen MR) is 118 cm³/mol.